The van der Waals surface area contributed by atoms with E-state index in [2.05, 4.69) is 4.98 Å². The number of carbonyl (C=O) groups excluding carboxylic acids is 2. The molecule has 0 N–H and O–H groups in total. The molecule has 0 saturated heterocycles. The Bertz CT molecular complexity index is 1010. The topological polar surface area (TPSA) is 63.4 Å². The van der Waals surface area contributed by atoms with Crippen molar-refractivity contribution in [3.8, 4) is 11.1 Å². The molecule has 0 atom stereocenters. The average molecular weight is 397 g/mol. The summed E-state index contributed by atoms with van der Waals surface area (Å²) in [5, 5.41) is 0.544. The van der Waals surface area contributed by atoms with Crippen LogP contribution in [0.1, 0.15) is 35.4 Å². The van der Waals surface area contributed by atoms with Crippen molar-refractivity contribution < 1.29 is 14.0 Å². The van der Waals surface area contributed by atoms with E-state index in [0.717, 1.165) is 16.8 Å². The minimum Gasteiger partial charge on any atom is -0.446 e. The molecular formula is C22H21ClN2O3. The molecule has 1 aromatic heterocycles. The number of rotatable bonds is 6. The van der Waals surface area contributed by atoms with Gasteiger partial charge in [0.2, 0.25) is 11.8 Å². The molecule has 28 heavy (non-hydrogen) atoms. The number of nitrogens with zero attached hydrogens (tertiary/aromatic N) is 2. The van der Waals surface area contributed by atoms with Gasteiger partial charge in [0.1, 0.15) is 5.76 Å². The third kappa shape index (κ3) is 4.31. The zero-order valence-electron chi connectivity index (χ0n) is 16.0. The lowest BCUT2D eigenvalue weighted by molar-refractivity contribution is -0.118. The maximum absolute atomic E-state index is 12.4. The normalized spacial score (nSPS) is 10.7. The Balaban J connectivity index is 1.77. The smallest absolute Gasteiger partial charge is 0.226 e. The highest BCUT2D eigenvalue weighted by molar-refractivity contribution is 6.33. The number of aromatic nitrogens is 1. The number of hydrogen-bond donors (Lipinski definition) is 0. The Labute approximate surface area is 169 Å². The molecule has 0 aliphatic heterocycles. The molecule has 0 fully saturated rings. The minimum atomic E-state index is -0.0606. The van der Waals surface area contributed by atoms with Gasteiger partial charge in [-0.25, -0.2) is 4.98 Å². The van der Waals surface area contributed by atoms with Crippen molar-refractivity contribution in [3.05, 3.63) is 70.9 Å². The summed E-state index contributed by atoms with van der Waals surface area (Å²) in [6.45, 7) is 3.61. The summed E-state index contributed by atoms with van der Waals surface area (Å²) in [4.78, 5) is 29.9. The van der Waals surface area contributed by atoms with E-state index in [1.165, 1.54) is 0 Å². The molecule has 1 amide bonds. The molecule has 5 nitrogen and oxygen atoms in total. The van der Waals surface area contributed by atoms with Crippen LogP contribution in [-0.4, -0.2) is 23.7 Å². The van der Waals surface area contributed by atoms with Crippen molar-refractivity contribution >= 4 is 29.0 Å². The van der Waals surface area contributed by atoms with Gasteiger partial charge in [0, 0.05) is 30.3 Å². The number of halogens is 1. The second-order valence-corrected chi connectivity index (χ2v) is 6.92. The number of carbonyl (C=O) groups is 2. The van der Waals surface area contributed by atoms with E-state index in [-0.39, 0.29) is 18.1 Å². The van der Waals surface area contributed by atoms with Gasteiger partial charge < -0.3 is 9.32 Å². The molecule has 0 bridgehead atoms. The average Bonchev–Trinajstić information content (AvgIpc) is 3.11. The molecule has 0 spiro atoms. The van der Waals surface area contributed by atoms with Crippen molar-refractivity contribution in [1.82, 2.24) is 4.98 Å². The summed E-state index contributed by atoms with van der Waals surface area (Å²) < 4.78 is 5.36. The number of aryl methyl sites for hydroxylation is 1. The largest absolute Gasteiger partial charge is 0.446 e. The maximum atomic E-state index is 12.4. The molecule has 0 aliphatic carbocycles. The van der Waals surface area contributed by atoms with Gasteiger partial charge in [-0.3, -0.25) is 9.59 Å². The highest BCUT2D eigenvalue weighted by Crippen LogP contribution is 2.31. The molecule has 2 aromatic carbocycles. The Kier molecular flexibility index (Phi) is 5.95. The van der Waals surface area contributed by atoms with Crippen LogP contribution >= 0.6 is 11.6 Å². The Morgan fingerprint density at radius 3 is 2.43 bits per heavy atom. The molecule has 144 valence electrons. The fourth-order valence-corrected chi connectivity index (χ4v) is 3.17. The second kappa shape index (κ2) is 8.40. The Morgan fingerprint density at radius 1 is 1.14 bits per heavy atom. The first-order valence-electron chi connectivity index (χ1n) is 9.00. The van der Waals surface area contributed by atoms with Crippen molar-refractivity contribution in [2.45, 2.75) is 26.7 Å². The van der Waals surface area contributed by atoms with Gasteiger partial charge in [0.25, 0.3) is 0 Å². The van der Waals surface area contributed by atoms with E-state index in [1.807, 2.05) is 31.2 Å². The molecular weight excluding hydrogens is 376 g/mol. The van der Waals surface area contributed by atoms with Gasteiger partial charge in [-0.2, -0.15) is 0 Å². The first-order chi connectivity index (χ1) is 13.4. The quantitative estimate of drug-likeness (QED) is 0.543. The molecule has 3 aromatic rings. The van der Waals surface area contributed by atoms with Crippen LogP contribution in [0.2, 0.25) is 5.02 Å². The zero-order valence-corrected chi connectivity index (χ0v) is 16.8. The van der Waals surface area contributed by atoms with E-state index in [0.29, 0.717) is 28.7 Å². The maximum Gasteiger partial charge on any atom is 0.226 e. The molecule has 6 heteroatoms. The van der Waals surface area contributed by atoms with Crippen molar-refractivity contribution in [3.63, 3.8) is 0 Å². The summed E-state index contributed by atoms with van der Waals surface area (Å²) in [6.07, 6.45) is 2.15. The van der Waals surface area contributed by atoms with Crippen molar-refractivity contribution in [1.29, 1.82) is 0 Å². The number of anilines is 1. The highest BCUT2D eigenvalue weighted by atomic mass is 35.5. The van der Waals surface area contributed by atoms with Gasteiger partial charge in [-0.1, -0.05) is 48.9 Å². The standard InChI is InChI=1S/C22H21ClN2O3/c1-4-22(27)25(3)17-9-10-18(19(23)11-17)15-5-7-16(8-6-15)20(26)12-21-24-13-14(2)28-21/h5-11,13H,4,12H2,1-3H3. The van der Waals surface area contributed by atoms with Gasteiger partial charge in [0.15, 0.2) is 5.78 Å². The van der Waals surface area contributed by atoms with Gasteiger partial charge in [-0.05, 0) is 24.6 Å². The predicted octanol–water partition coefficient (Wildman–Crippen LogP) is 5.10. The number of ketones is 1. The minimum absolute atomic E-state index is 0.0212. The molecule has 3 rings (SSSR count). The zero-order chi connectivity index (χ0) is 20.3. The predicted molar refractivity (Wildman–Crippen MR) is 110 cm³/mol. The van der Waals surface area contributed by atoms with Crippen LogP contribution in [0.25, 0.3) is 11.1 Å². The SMILES string of the molecule is CCC(=O)N(C)c1ccc(-c2ccc(C(=O)Cc3ncc(C)o3)cc2)c(Cl)c1. The second-order valence-electron chi connectivity index (χ2n) is 6.51. The van der Waals surface area contributed by atoms with Crippen LogP contribution in [-0.2, 0) is 11.2 Å². The van der Waals surface area contributed by atoms with Gasteiger partial charge >= 0.3 is 0 Å². The third-order valence-corrected chi connectivity index (χ3v) is 4.83. The highest BCUT2D eigenvalue weighted by Gasteiger charge is 2.14. The van der Waals surface area contributed by atoms with Crippen LogP contribution in [0.3, 0.4) is 0 Å². The molecule has 0 saturated carbocycles. The first kappa shape index (κ1) is 19.8. The fraction of sp³-hybridized carbons (Fsp3) is 0.227. The van der Waals surface area contributed by atoms with Gasteiger partial charge in [0.05, 0.1) is 17.6 Å². The number of amides is 1. The van der Waals surface area contributed by atoms with Crippen LogP contribution in [0, 0.1) is 6.92 Å². The molecule has 0 radical (unpaired) electrons. The lowest BCUT2D eigenvalue weighted by Crippen LogP contribution is -2.24. The molecule has 0 unspecified atom stereocenters. The summed E-state index contributed by atoms with van der Waals surface area (Å²) in [5.74, 6) is 1.06. The van der Waals surface area contributed by atoms with Crippen LogP contribution in [0.15, 0.2) is 53.1 Å². The molecule has 0 aliphatic rings. The van der Waals surface area contributed by atoms with Crippen molar-refractivity contribution in [2.24, 2.45) is 0 Å². The summed E-state index contributed by atoms with van der Waals surface area (Å²) in [7, 11) is 1.73. The number of hydrogen-bond acceptors (Lipinski definition) is 4. The number of oxazole rings is 1. The summed E-state index contributed by atoms with van der Waals surface area (Å²) >= 11 is 6.44. The van der Waals surface area contributed by atoms with Crippen LogP contribution in [0.4, 0.5) is 5.69 Å². The fourth-order valence-electron chi connectivity index (χ4n) is 2.89. The van der Waals surface area contributed by atoms with E-state index in [9.17, 15) is 9.59 Å². The lowest BCUT2D eigenvalue weighted by atomic mass is 10.0. The number of Topliss-reactive ketones (excluding diaryl/α,β-unsaturated/α-hetero) is 1. The number of benzene rings is 2. The van der Waals surface area contributed by atoms with Gasteiger partial charge in [-0.15, -0.1) is 0 Å². The lowest BCUT2D eigenvalue weighted by Gasteiger charge is -2.17. The van der Waals surface area contributed by atoms with Crippen molar-refractivity contribution in [2.75, 3.05) is 11.9 Å². The molecule has 1 heterocycles. The monoisotopic (exact) mass is 396 g/mol. The third-order valence-electron chi connectivity index (χ3n) is 4.52. The van der Waals surface area contributed by atoms with E-state index in [4.69, 9.17) is 16.0 Å². The summed E-state index contributed by atoms with van der Waals surface area (Å²) in [5.41, 5.74) is 3.06. The van der Waals surface area contributed by atoms with E-state index in [1.54, 1.807) is 43.3 Å². The van der Waals surface area contributed by atoms with E-state index >= 15 is 0 Å². The Morgan fingerprint density at radius 2 is 1.86 bits per heavy atom. The van der Waals surface area contributed by atoms with Crippen LogP contribution in [0.5, 0.6) is 0 Å². The van der Waals surface area contributed by atoms with E-state index < -0.39 is 0 Å². The summed E-state index contributed by atoms with van der Waals surface area (Å²) in [6, 6.07) is 12.8. The van der Waals surface area contributed by atoms with Crippen LogP contribution < -0.4 is 4.90 Å². The Hall–Kier alpha value is -2.92. The first-order valence-corrected chi connectivity index (χ1v) is 9.38.